The van der Waals surface area contributed by atoms with Crippen molar-refractivity contribution in [3.05, 3.63) is 59.5 Å². The molecular weight excluding hydrogens is 384 g/mol. The molecule has 1 aromatic carbocycles. The number of benzene rings is 1. The van der Waals surface area contributed by atoms with Gasteiger partial charge in [0.15, 0.2) is 0 Å². The Hall–Kier alpha value is -3.75. The van der Waals surface area contributed by atoms with Crippen LogP contribution in [0.3, 0.4) is 0 Å². The third kappa shape index (κ3) is 2.99. The molecule has 3 heterocycles. The molecule has 0 radical (unpaired) electrons. The van der Waals surface area contributed by atoms with E-state index in [-0.39, 0.29) is 6.04 Å². The van der Waals surface area contributed by atoms with E-state index in [0.717, 1.165) is 18.4 Å². The lowest BCUT2D eigenvalue weighted by Gasteiger charge is -2.13. The van der Waals surface area contributed by atoms with Crippen LogP contribution < -0.4 is 4.74 Å². The minimum atomic E-state index is -0.439. The fourth-order valence-electron chi connectivity index (χ4n) is 3.90. The topological polar surface area (TPSA) is 97.0 Å². The Morgan fingerprint density at radius 3 is 2.60 bits per heavy atom. The fraction of sp³-hybridized carbons (Fsp3) is 0.286. The van der Waals surface area contributed by atoms with Crippen LogP contribution in [0.2, 0.25) is 0 Å². The highest BCUT2D eigenvalue weighted by molar-refractivity contribution is 5.88. The van der Waals surface area contributed by atoms with Gasteiger partial charge in [0.1, 0.15) is 11.0 Å². The Labute approximate surface area is 172 Å². The second-order valence-corrected chi connectivity index (χ2v) is 7.08. The maximum atomic E-state index is 11.9. The molecule has 3 aromatic heterocycles. The quantitative estimate of drug-likeness (QED) is 0.472. The van der Waals surface area contributed by atoms with Gasteiger partial charge in [0.25, 0.3) is 5.95 Å². The van der Waals surface area contributed by atoms with E-state index in [4.69, 9.17) is 9.47 Å². The molecule has 0 bridgehead atoms. The molecule has 0 unspecified atom stereocenters. The number of methoxy groups -OCH3 is 1. The van der Waals surface area contributed by atoms with Gasteiger partial charge in [0.2, 0.25) is 5.88 Å². The molecule has 5 rings (SSSR count). The molecule has 0 fully saturated rings. The van der Waals surface area contributed by atoms with Crippen LogP contribution in [-0.4, -0.2) is 49.2 Å². The summed E-state index contributed by atoms with van der Waals surface area (Å²) in [5.74, 6) is 0.270. The van der Waals surface area contributed by atoms with E-state index >= 15 is 0 Å². The van der Waals surface area contributed by atoms with Gasteiger partial charge in [0.05, 0.1) is 37.7 Å². The van der Waals surface area contributed by atoms with Gasteiger partial charge in [-0.1, -0.05) is 24.3 Å². The van der Waals surface area contributed by atoms with Crippen LogP contribution in [-0.2, 0) is 17.6 Å². The number of carbonyl (C=O) groups excluding carboxylic acids is 1. The second-order valence-electron chi connectivity index (χ2n) is 7.08. The van der Waals surface area contributed by atoms with Gasteiger partial charge < -0.3 is 9.47 Å². The number of hydrogen-bond donors (Lipinski definition) is 0. The van der Waals surface area contributed by atoms with Gasteiger partial charge in [-0.25, -0.2) is 14.5 Å². The molecule has 30 heavy (non-hydrogen) atoms. The van der Waals surface area contributed by atoms with Crippen molar-refractivity contribution in [1.29, 1.82) is 0 Å². The lowest BCUT2D eigenvalue weighted by Crippen LogP contribution is -2.12. The summed E-state index contributed by atoms with van der Waals surface area (Å²) in [5, 5.41) is 8.78. The van der Waals surface area contributed by atoms with Gasteiger partial charge in [0, 0.05) is 6.20 Å². The summed E-state index contributed by atoms with van der Waals surface area (Å²) in [4.78, 5) is 21.0. The number of carbonyl (C=O) groups is 1. The van der Waals surface area contributed by atoms with E-state index in [1.165, 1.54) is 28.2 Å². The highest BCUT2D eigenvalue weighted by Crippen LogP contribution is 2.34. The number of aromatic nitrogens is 6. The van der Waals surface area contributed by atoms with Crippen LogP contribution in [0.15, 0.2) is 42.9 Å². The SMILES string of the molecule is CCOC(=O)c1cnn(-c2nc(OC)c3c(cnn3C3Cc4ccccc4C3)n2)c1. The summed E-state index contributed by atoms with van der Waals surface area (Å²) >= 11 is 0. The molecule has 1 aliphatic rings. The molecule has 0 N–H and O–H groups in total. The van der Waals surface area contributed by atoms with Crippen LogP contribution >= 0.6 is 0 Å². The molecule has 4 aromatic rings. The minimum absolute atomic E-state index is 0.184. The van der Waals surface area contributed by atoms with E-state index in [2.05, 4.69) is 44.4 Å². The monoisotopic (exact) mass is 404 g/mol. The Kier molecular flexibility index (Phi) is 4.42. The molecule has 9 nitrogen and oxygen atoms in total. The Morgan fingerprint density at radius 1 is 1.13 bits per heavy atom. The van der Waals surface area contributed by atoms with Crippen LogP contribution in [0.5, 0.6) is 5.88 Å². The highest BCUT2D eigenvalue weighted by Gasteiger charge is 2.27. The second kappa shape index (κ2) is 7.25. The number of hydrogen-bond acceptors (Lipinski definition) is 7. The first kappa shape index (κ1) is 18.3. The van der Waals surface area contributed by atoms with Crippen molar-refractivity contribution in [1.82, 2.24) is 29.5 Å². The van der Waals surface area contributed by atoms with E-state index < -0.39 is 5.97 Å². The lowest BCUT2D eigenvalue weighted by atomic mass is 10.1. The fourth-order valence-corrected chi connectivity index (χ4v) is 3.90. The third-order valence-corrected chi connectivity index (χ3v) is 5.27. The van der Waals surface area contributed by atoms with Crippen LogP contribution in [0, 0.1) is 0 Å². The van der Waals surface area contributed by atoms with Crippen LogP contribution in [0.4, 0.5) is 0 Å². The number of rotatable bonds is 5. The average Bonchev–Trinajstić information content (AvgIpc) is 3.50. The van der Waals surface area contributed by atoms with Crippen molar-refractivity contribution in [2.45, 2.75) is 25.8 Å². The molecule has 0 amide bonds. The average molecular weight is 404 g/mol. The molecule has 0 saturated heterocycles. The molecule has 1 aliphatic carbocycles. The number of fused-ring (bicyclic) bond motifs is 2. The van der Waals surface area contributed by atoms with Crippen molar-refractivity contribution in [2.24, 2.45) is 0 Å². The van der Waals surface area contributed by atoms with E-state index in [1.54, 1.807) is 20.2 Å². The van der Waals surface area contributed by atoms with Gasteiger partial charge in [-0.2, -0.15) is 15.2 Å². The van der Waals surface area contributed by atoms with Gasteiger partial charge in [-0.05, 0) is 30.9 Å². The Morgan fingerprint density at radius 2 is 1.90 bits per heavy atom. The predicted molar refractivity (Wildman–Crippen MR) is 108 cm³/mol. The standard InChI is InChI=1S/C21H20N6O3/c1-3-30-20(28)15-10-22-26(12-15)21-24-17-11-23-27(18(17)19(25-21)29-2)16-8-13-6-4-5-7-14(13)9-16/h4-7,10-12,16H,3,8-9H2,1-2H3. The Balaban J connectivity index is 1.52. The third-order valence-electron chi connectivity index (χ3n) is 5.27. The molecule has 0 saturated carbocycles. The van der Waals surface area contributed by atoms with Crippen molar-refractivity contribution in [3.63, 3.8) is 0 Å². The molecule has 9 heteroatoms. The first-order valence-electron chi connectivity index (χ1n) is 9.76. The number of nitrogens with zero attached hydrogens (tertiary/aromatic N) is 6. The highest BCUT2D eigenvalue weighted by atomic mass is 16.5. The summed E-state index contributed by atoms with van der Waals surface area (Å²) in [5.41, 5.74) is 4.41. The zero-order valence-electron chi connectivity index (χ0n) is 16.6. The largest absolute Gasteiger partial charge is 0.479 e. The van der Waals surface area contributed by atoms with Crippen LogP contribution in [0.1, 0.15) is 34.5 Å². The summed E-state index contributed by atoms with van der Waals surface area (Å²) in [6, 6.07) is 8.63. The molecular formula is C21H20N6O3. The maximum Gasteiger partial charge on any atom is 0.341 e. The first-order chi connectivity index (χ1) is 14.7. The summed E-state index contributed by atoms with van der Waals surface area (Å²) in [6.07, 6.45) is 6.48. The van der Waals surface area contributed by atoms with Gasteiger partial charge in [-0.15, -0.1) is 0 Å². The van der Waals surface area contributed by atoms with Crippen molar-refractivity contribution < 1.29 is 14.3 Å². The predicted octanol–water partition coefficient (Wildman–Crippen LogP) is 2.54. The molecule has 152 valence electrons. The van der Waals surface area contributed by atoms with Crippen molar-refractivity contribution in [2.75, 3.05) is 13.7 Å². The van der Waals surface area contributed by atoms with Gasteiger partial charge in [-0.3, -0.25) is 4.68 Å². The lowest BCUT2D eigenvalue weighted by molar-refractivity contribution is 0.0526. The maximum absolute atomic E-state index is 11.9. The van der Waals surface area contributed by atoms with Gasteiger partial charge >= 0.3 is 5.97 Å². The van der Waals surface area contributed by atoms with E-state index in [9.17, 15) is 4.79 Å². The summed E-state index contributed by atoms with van der Waals surface area (Å²) < 4.78 is 14.0. The minimum Gasteiger partial charge on any atom is -0.479 e. The zero-order chi connectivity index (χ0) is 20.7. The smallest absolute Gasteiger partial charge is 0.341 e. The molecule has 0 aliphatic heterocycles. The van der Waals surface area contributed by atoms with E-state index in [0.29, 0.717) is 29.5 Å². The normalized spacial score (nSPS) is 13.5. The summed E-state index contributed by atoms with van der Waals surface area (Å²) in [6.45, 7) is 2.05. The first-order valence-corrected chi connectivity index (χ1v) is 9.76. The summed E-state index contributed by atoms with van der Waals surface area (Å²) in [7, 11) is 1.57. The van der Waals surface area contributed by atoms with E-state index in [1.807, 2.05) is 4.68 Å². The van der Waals surface area contributed by atoms with Crippen molar-refractivity contribution in [3.8, 4) is 11.8 Å². The van der Waals surface area contributed by atoms with Crippen LogP contribution in [0.25, 0.3) is 17.0 Å². The molecule has 0 spiro atoms. The zero-order valence-corrected chi connectivity index (χ0v) is 16.6. The molecule has 0 atom stereocenters. The Bertz CT molecular complexity index is 1220. The number of esters is 1. The van der Waals surface area contributed by atoms with Crippen molar-refractivity contribution >= 4 is 17.0 Å². The number of ether oxygens (including phenoxy) is 2.